The molecule has 0 aliphatic carbocycles. The zero-order valence-electron chi connectivity index (χ0n) is 13.2. The molecule has 0 spiro atoms. The molecule has 3 N–H and O–H groups in total. The van der Waals surface area contributed by atoms with Gasteiger partial charge in [0.15, 0.2) is 22.7 Å². The Balaban J connectivity index is 2.21. The quantitative estimate of drug-likeness (QED) is 0.579. The summed E-state index contributed by atoms with van der Waals surface area (Å²) in [5, 5.41) is 19.4. The van der Waals surface area contributed by atoms with Crippen molar-refractivity contribution in [3.8, 4) is 34.3 Å². The standard InChI is InChI=1S/C16H12O9S/c1-23-14-4-8(2-3-10(14)17)13-7-12(19)16-11(18)5-9(6-15(16)24-13)25-26(20,21)22/h2-7,17-18H,1H3,(H,20,21,22). The molecule has 26 heavy (non-hydrogen) atoms. The summed E-state index contributed by atoms with van der Waals surface area (Å²) in [4.78, 5) is 12.3. The van der Waals surface area contributed by atoms with Gasteiger partial charge in [0.05, 0.1) is 7.11 Å². The van der Waals surface area contributed by atoms with Crippen molar-refractivity contribution in [1.82, 2.24) is 0 Å². The van der Waals surface area contributed by atoms with Crippen molar-refractivity contribution in [2.45, 2.75) is 0 Å². The lowest BCUT2D eigenvalue weighted by molar-refractivity contribution is 0.373. The highest BCUT2D eigenvalue weighted by Crippen LogP contribution is 2.34. The van der Waals surface area contributed by atoms with Crippen molar-refractivity contribution in [3.63, 3.8) is 0 Å². The van der Waals surface area contributed by atoms with Crippen molar-refractivity contribution in [3.05, 3.63) is 46.6 Å². The van der Waals surface area contributed by atoms with Crippen LogP contribution in [-0.2, 0) is 10.4 Å². The average molecular weight is 380 g/mol. The number of phenolic OH excluding ortho intramolecular Hbond substituents is 2. The lowest BCUT2D eigenvalue weighted by Gasteiger charge is -2.09. The summed E-state index contributed by atoms with van der Waals surface area (Å²) in [6, 6.07) is 7.25. The minimum absolute atomic E-state index is 0.0733. The molecule has 0 saturated carbocycles. The van der Waals surface area contributed by atoms with Crippen LogP contribution in [0.1, 0.15) is 0 Å². The van der Waals surface area contributed by atoms with E-state index in [0.717, 1.165) is 18.2 Å². The normalized spacial score (nSPS) is 11.5. The zero-order chi connectivity index (χ0) is 19.1. The van der Waals surface area contributed by atoms with E-state index in [4.69, 9.17) is 13.7 Å². The molecular weight excluding hydrogens is 368 g/mol. The molecule has 3 aromatic rings. The van der Waals surface area contributed by atoms with Crippen LogP contribution >= 0.6 is 0 Å². The van der Waals surface area contributed by atoms with Crippen molar-refractivity contribution >= 4 is 21.4 Å². The summed E-state index contributed by atoms with van der Waals surface area (Å²) in [5.74, 6) is -0.910. The van der Waals surface area contributed by atoms with Gasteiger partial charge < -0.3 is 23.6 Å². The van der Waals surface area contributed by atoms with Crippen LogP contribution in [0, 0.1) is 0 Å². The molecule has 1 heterocycles. The monoisotopic (exact) mass is 380 g/mol. The van der Waals surface area contributed by atoms with Crippen LogP contribution in [0.5, 0.6) is 23.0 Å². The molecule has 136 valence electrons. The van der Waals surface area contributed by atoms with Gasteiger partial charge in [-0.25, -0.2) is 0 Å². The van der Waals surface area contributed by atoms with Crippen LogP contribution < -0.4 is 14.3 Å². The van der Waals surface area contributed by atoms with Crippen molar-refractivity contribution in [2.24, 2.45) is 0 Å². The molecule has 9 nitrogen and oxygen atoms in total. The van der Waals surface area contributed by atoms with Crippen molar-refractivity contribution in [2.75, 3.05) is 7.11 Å². The van der Waals surface area contributed by atoms with Gasteiger partial charge in [0, 0.05) is 23.8 Å². The summed E-state index contributed by atoms with van der Waals surface area (Å²) in [7, 11) is -3.47. The molecule has 0 saturated heterocycles. The van der Waals surface area contributed by atoms with Crippen LogP contribution in [0.2, 0.25) is 0 Å². The van der Waals surface area contributed by atoms with E-state index in [2.05, 4.69) is 4.18 Å². The fourth-order valence-electron chi connectivity index (χ4n) is 2.39. The Bertz CT molecular complexity index is 1160. The van der Waals surface area contributed by atoms with E-state index < -0.39 is 27.3 Å². The van der Waals surface area contributed by atoms with Gasteiger partial charge in [-0.3, -0.25) is 9.35 Å². The fourth-order valence-corrected chi connectivity index (χ4v) is 2.73. The molecule has 0 amide bonds. The number of benzene rings is 2. The molecule has 0 unspecified atom stereocenters. The Morgan fingerprint density at radius 1 is 1.04 bits per heavy atom. The Kier molecular flexibility index (Phi) is 4.22. The van der Waals surface area contributed by atoms with Gasteiger partial charge in [0.1, 0.15) is 22.5 Å². The molecular formula is C16H12O9S. The van der Waals surface area contributed by atoms with Gasteiger partial charge in [-0.05, 0) is 18.2 Å². The van der Waals surface area contributed by atoms with Crippen LogP contribution in [0.3, 0.4) is 0 Å². The number of rotatable bonds is 4. The largest absolute Gasteiger partial charge is 0.507 e. The number of hydrogen-bond acceptors (Lipinski definition) is 8. The van der Waals surface area contributed by atoms with Crippen molar-refractivity contribution < 1.29 is 36.5 Å². The van der Waals surface area contributed by atoms with Crippen LogP contribution in [-0.4, -0.2) is 30.3 Å². The molecule has 2 aromatic carbocycles. The van der Waals surface area contributed by atoms with E-state index in [-0.39, 0.29) is 28.2 Å². The smallest absolute Gasteiger partial charge is 0.446 e. The van der Waals surface area contributed by atoms with Crippen LogP contribution in [0.4, 0.5) is 0 Å². The van der Waals surface area contributed by atoms with Gasteiger partial charge in [-0.2, -0.15) is 8.42 Å². The van der Waals surface area contributed by atoms with Gasteiger partial charge in [0.2, 0.25) is 0 Å². The highest BCUT2D eigenvalue weighted by atomic mass is 32.3. The SMILES string of the molecule is COc1cc(-c2cc(=O)c3c(O)cc(OS(=O)(=O)O)cc3o2)ccc1O. The molecule has 0 radical (unpaired) electrons. The first kappa shape index (κ1) is 17.6. The van der Waals surface area contributed by atoms with E-state index in [0.29, 0.717) is 5.56 Å². The Morgan fingerprint density at radius 3 is 2.42 bits per heavy atom. The third kappa shape index (κ3) is 3.41. The molecule has 3 rings (SSSR count). The van der Waals surface area contributed by atoms with Crippen LogP contribution in [0.15, 0.2) is 45.6 Å². The number of fused-ring (bicyclic) bond motifs is 1. The maximum atomic E-state index is 12.3. The number of ether oxygens (including phenoxy) is 1. The fraction of sp³-hybridized carbons (Fsp3) is 0.0625. The first-order chi connectivity index (χ1) is 12.2. The van der Waals surface area contributed by atoms with E-state index in [9.17, 15) is 23.4 Å². The number of aromatic hydroxyl groups is 2. The van der Waals surface area contributed by atoms with Crippen molar-refractivity contribution in [1.29, 1.82) is 0 Å². The molecule has 0 bridgehead atoms. The lowest BCUT2D eigenvalue weighted by Crippen LogP contribution is -2.07. The van der Waals surface area contributed by atoms with E-state index in [1.165, 1.54) is 25.3 Å². The molecule has 1 aromatic heterocycles. The first-order valence-corrected chi connectivity index (χ1v) is 8.39. The van der Waals surface area contributed by atoms with Gasteiger partial charge in [0.25, 0.3) is 0 Å². The maximum Gasteiger partial charge on any atom is 0.446 e. The minimum atomic E-state index is -4.82. The predicted molar refractivity (Wildman–Crippen MR) is 90.0 cm³/mol. The van der Waals surface area contributed by atoms with Gasteiger partial charge in [-0.1, -0.05) is 0 Å². The molecule has 10 heteroatoms. The number of methoxy groups -OCH3 is 1. The third-order valence-corrected chi connectivity index (χ3v) is 3.85. The zero-order valence-corrected chi connectivity index (χ0v) is 14.0. The average Bonchev–Trinajstić information content (AvgIpc) is 2.52. The van der Waals surface area contributed by atoms with Gasteiger partial charge in [-0.15, -0.1) is 0 Å². The molecule has 0 aliphatic rings. The molecule has 0 aliphatic heterocycles. The number of phenols is 2. The summed E-state index contributed by atoms with van der Waals surface area (Å²) in [5.41, 5.74) is -0.373. The second-order valence-electron chi connectivity index (χ2n) is 5.19. The Hall–Kier alpha value is -3.24. The summed E-state index contributed by atoms with van der Waals surface area (Å²) in [6.45, 7) is 0. The Morgan fingerprint density at radius 2 is 1.77 bits per heavy atom. The predicted octanol–water partition coefficient (Wildman–Crippen LogP) is 2.06. The topological polar surface area (TPSA) is 144 Å². The van der Waals surface area contributed by atoms with Gasteiger partial charge >= 0.3 is 10.4 Å². The second-order valence-corrected chi connectivity index (χ2v) is 6.21. The summed E-state index contributed by atoms with van der Waals surface area (Å²) in [6.07, 6.45) is 0. The number of hydrogen-bond donors (Lipinski definition) is 3. The highest BCUT2D eigenvalue weighted by molar-refractivity contribution is 7.81. The lowest BCUT2D eigenvalue weighted by atomic mass is 10.1. The minimum Gasteiger partial charge on any atom is -0.507 e. The summed E-state index contributed by atoms with van der Waals surface area (Å²) >= 11 is 0. The first-order valence-electron chi connectivity index (χ1n) is 7.03. The van der Waals surface area contributed by atoms with E-state index >= 15 is 0 Å². The van der Waals surface area contributed by atoms with Crippen LogP contribution in [0.25, 0.3) is 22.3 Å². The highest BCUT2D eigenvalue weighted by Gasteiger charge is 2.16. The summed E-state index contributed by atoms with van der Waals surface area (Å²) < 4.78 is 45.2. The third-order valence-electron chi connectivity index (χ3n) is 3.45. The van der Waals surface area contributed by atoms with E-state index in [1.54, 1.807) is 0 Å². The molecule has 0 atom stereocenters. The Labute approximate surface area is 146 Å². The maximum absolute atomic E-state index is 12.3. The molecule has 0 fully saturated rings. The second kappa shape index (κ2) is 6.24. The van der Waals surface area contributed by atoms with E-state index in [1.807, 2.05) is 0 Å².